The second-order valence-electron chi connectivity index (χ2n) is 6.78. The van der Waals surface area contributed by atoms with Gasteiger partial charge < -0.3 is 19.5 Å². The van der Waals surface area contributed by atoms with Gasteiger partial charge in [0.05, 0.1) is 24.5 Å². The largest absolute Gasteiger partial charge is 0.493 e. The summed E-state index contributed by atoms with van der Waals surface area (Å²) in [4.78, 5) is 13.2. The van der Waals surface area contributed by atoms with Crippen LogP contribution in [0.5, 0.6) is 23.0 Å². The zero-order valence-corrected chi connectivity index (χ0v) is 15.2. The van der Waals surface area contributed by atoms with Crippen molar-refractivity contribution in [2.45, 2.75) is 12.8 Å². The number of carbonyl (C=O) groups excluding carboxylic acids is 1. The molecule has 0 saturated carbocycles. The lowest BCUT2D eigenvalue weighted by Gasteiger charge is -2.15. The Morgan fingerprint density at radius 3 is 2.61 bits per heavy atom. The molecule has 3 aromatic rings. The summed E-state index contributed by atoms with van der Waals surface area (Å²) in [5, 5.41) is 3.01. The molecule has 5 heteroatoms. The van der Waals surface area contributed by atoms with Crippen LogP contribution in [-0.4, -0.2) is 19.1 Å². The summed E-state index contributed by atoms with van der Waals surface area (Å²) in [7, 11) is 0. The average Bonchev–Trinajstić information content (AvgIpc) is 3.37. The van der Waals surface area contributed by atoms with E-state index in [1.807, 2.05) is 60.7 Å². The van der Waals surface area contributed by atoms with E-state index in [2.05, 4.69) is 5.32 Å². The maximum atomic E-state index is 13.2. The molecular weight excluding hydrogens is 354 g/mol. The smallest absolute Gasteiger partial charge is 0.259 e. The van der Waals surface area contributed by atoms with Crippen LogP contribution < -0.4 is 19.5 Å². The first-order valence-corrected chi connectivity index (χ1v) is 9.37. The van der Waals surface area contributed by atoms with Gasteiger partial charge in [-0.3, -0.25) is 4.79 Å². The molecule has 0 radical (unpaired) electrons. The molecule has 3 aromatic carbocycles. The lowest BCUT2D eigenvalue weighted by atomic mass is 9.99. The summed E-state index contributed by atoms with van der Waals surface area (Å²) < 4.78 is 17.5. The number of anilines is 1. The van der Waals surface area contributed by atoms with Crippen LogP contribution in [0.3, 0.4) is 0 Å². The van der Waals surface area contributed by atoms with Gasteiger partial charge in [0.1, 0.15) is 17.2 Å². The monoisotopic (exact) mass is 373 g/mol. The number of amides is 1. The second-order valence-corrected chi connectivity index (χ2v) is 6.78. The molecule has 1 amide bonds. The molecule has 0 unspecified atom stereocenters. The van der Waals surface area contributed by atoms with E-state index < -0.39 is 0 Å². The number of nitrogens with one attached hydrogen (secondary N) is 1. The van der Waals surface area contributed by atoms with E-state index >= 15 is 0 Å². The zero-order chi connectivity index (χ0) is 18.9. The molecule has 0 atom stereocenters. The summed E-state index contributed by atoms with van der Waals surface area (Å²) in [5.41, 5.74) is 3.14. The van der Waals surface area contributed by atoms with E-state index in [-0.39, 0.29) is 5.91 Å². The van der Waals surface area contributed by atoms with Crippen LogP contribution in [0.25, 0.3) is 0 Å². The molecule has 140 valence electrons. The molecule has 0 bridgehead atoms. The molecular formula is C23H19NO4. The van der Waals surface area contributed by atoms with Crippen LogP contribution in [0.1, 0.15) is 21.5 Å². The quantitative estimate of drug-likeness (QED) is 0.726. The van der Waals surface area contributed by atoms with Gasteiger partial charge in [0.25, 0.3) is 5.91 Å². The van der Waals surface area contributed by atoms with Gasteiger partial charge in [0.2, 0.25) is 0 Å². The highest BCUT2D eigenvalue weighted by Gasteiger charge is 2.30. The minimum absolute atomic E-state index is 0.204. The lowest BCUT2D eigenvalue weighted by Crippen LogP contribution is -2.15. The fourth-order valence-electron chi connectivity index (χ4n) is 3.68. The van der Waals surface area contributed by atoms with Gasteiger partial charge >= 0.3 is 0 Å². The number of benzene rings is 3. The molecule has 2 aliphatic heterocycles. The first-order chi connectivity index (χ1) is 13.8. The molecule has 0 saturated heterocycles. The molecule has 2 aliphatic rings. The fourth-order valence-corrected chi connectivity index (χ4v) is 3.68. The van der Waals surface area contributed by atoms with E-state index in [1.54, 1.807) is 0 Å². The third-order valence-corrected chi connectivity index (χ3v) is 4.98. The van der Waals surface area contributed by atoms with Crippen LogP contribution >= 0.6 is 0 Å². The van der Waals surface area contributed by atoms with Gasteiger partial charge in [0, 0.05) is 24.0 Å². The highest BCUT2D eigenvalue weighted by atomic mass is 16.5. The highest BCUT2D eigenvalue weighted by Crippen LogP contribution is 2.41. The first kappa shape index (κ1) is 16.7. The van der Waals surface area contributed by atoms with Gasteiger partial charge in [-0.15, -0.1) is 0 Å². The second kappa shape index (κ2) is 6.93. The highest BCUT2D eigenvalue weighted by molar-refractivity contribution is 6.09. The van der Waals surface area contributed by atoms with Crippen molar-refractivity contribution < 1.29 is 19.0 Å². The van der Waals surface area contributed by atoms with Gasteiger partial charge in [-0.25, -0.2) is 0 Å². The van der Waals surface area contributed by atoms with Crippen molar-refractivity contribution in [3.63, 3.8) is 0 Å². The molecule has 5 nitrogen and oxygen atoms in total. The number of para-hydroxylation sites is 3. The van der Waals surface area contributed by atoms with Gasteiger partial charge in [0.15, 0.2) is 5.75 Å². The Kier molecular flexibility index (Phi) is 4.13. The van der Waals surface area contributed by atoms with Gasteiger partial charge in [-0.2, -0.15) is 0 Å². The number of rotatable bonds is 4. The first-order valence-electron chi connectivity index (χ1n) is 9.37. The Morgan fingerprint density at radius 2 is 1.71 bits per heavy atom. The van der Waals surface area contributed by atoms with E-state index in [0.717, 1.165) is 23.3 Å². The van der Waals surface area contributed by atoms with Crippen molar-refractivity contribution in [3.05, 3.63) is 77.4 Å². The summed E-state index contributed by atoms with van der Waals surface area (Å²) in [6.07, 6.45) is 1.50. The normalized spacial score (nSPS) is 13.9. The Hall–Kier alpha value is -3.47. The van der Waals surface area contributed by atoms with Crippen molar-refractivity contribution in [1.82, 2.24) is 0 Å². The van der Waals surface area contributed by atoms with Crippen molar-refractivity contribution >= 4 is 11.6 Å². The summed E-state index contributed by atoms with van der Waals surface area (Å²) in [5.74, 6) is 2.57. The van der Waals surface area contributed by atoms with E-state index in [9.17, 15) is 4.79 Å². The Labute approximate surface area is 162 Å². The SMILES string of the molecule is O=C(Nc1ccccc1Oc1ccccc1)c1c2c(cc3c1OCC3)OCC2. The number of fused-ring (bicyclic) bond motifs is 2. The molecule has 0 spiro atoms. The molecule has 0 aromatic heterocycles. The summed E-state index contributed by atoms with van der Waals surface area (Å²) in [6, 6.07) is 18.9. The maximum Gasteiger partial charge on any atom is 0.259 e. The Bertz CT molecular complexity index is 1010. The van der Waals surface area contributed by atoms with Crippen LogP contribution in [0.2, 0.25) is 0 Å². The van der Waals surface area contributed by atoms with Crippen molar-refractivity contribution in [3.8, 4) is 23.0 Å². The van der Waals surface area contributed by atoms with E-state index in [1.165, 1.54) is 0 Å². The van der Waals surface area contributed by atoms with Gasteiger partial charge in [-0.05, 0) is 30.3 Å². The Balaban J connectivity index is 1.48. The summed E-state index contributed by atoms with van der Waals surface area (Å²) in [6.45, 7) is 1.18. The van der Waals surface area contributed by atoms with Crippen LogP contribution in [0.4, 0.5) is 5.69 Å². The summed E-state index contributed by atoms with van der Waals surface area (Å²) >= 11 is 0. The number of ether oxygens (including phenoxy) is 3. The molecule has 2 heterocycles. The van der Waals surface area contributed by atoms with Crippen LogP contribution in [-0.2, 0) is 12.8 Å². The predicted molar refractivity (Wildman–Crippen MR) is 106 cm³/mol. The van der Waals surface area contributed by atoms with Crippen LogP contribution in [0, 0.1) is 0 Å². The number of hydrogen-bond acceptors (Lipinski definition) is 4. The third-order valence-electron chi connectivity index (χ3n) is 4.98. The standard InChI is InChI=1S/C23H19NO4/c25-23(21-17-11-13-26-20(17)14-15-10-12-27-22(15)21)24-18-8-4-5-9-19(18)28-16-6-2-1-3-7-16/h1-9,14H,10-13H2,(H,24,25). The maximum absolute atomic E-state index is 13.2. The predicted octanol–water partition coefficient (Wildman–Crippen LogP) is 4.60. The third kappa shape index (κ3) is 2.95. The van der Waals surface area contributed by atoms with Crippen molar-refractivity contribution in [1.29, 1.82) is 0 Å². The van der Waals surface area contributed by atoms with Crippen LogP contribution in [0.15, 0.2) is 60.7 Å². The number of hydrogen-bond donors (Lipinski definition) is 1. The van der Waals surface area contributed by atoms with E-state index in [0.29, 0.717) is 48.1 Å². The zero-order valence-electron chi connectivity index (χ0n) is 15.2. The van der Waals surface area contributed by atoms with Gasteiger partial charge in [-0.1, -0.05) is 30.3 Å². The minimum atomic E-state index is -0.204. The molecule has 5 rings (SSSR count). The topological polar surface area (TPSA) is 56.8 Å². The number of carbonyl (C=O) groups is 1. The van der Waals surface area contributed by atoms with Crippen molar-refractivity contribution in [2.75, 3.05) is 18.5 Å². The molecule has 0 fully saturated rings. The lowest BCUT2D eigenvalue weighted by molar-refractivity contribution is 0.102. The molecule has 0 aliphatic carbocycles. The average molecular weight is 373 g/mol. The fraction of sp³-hybridized carbons (Fsp3) is 0.174. The molecule has 1 N–H and O–H groups in total. The van der Waals surface area contributed by atoms with E-state index in [4.69, 9.17) is 14.2 Å². The minimum Gasteiger partial charge on any atom is -0.493 e. The van der Waals surface area contributed by atoms with Crippen molar-refractivity contribution in [2.24, 2.45) is 0 Å². The Morgan fingerprint density at radius 1 is 0.929 bits per heavy atom. The molecule has 28 heavy (non-hydrogen) atoms.